The minimum atomic E-state index is -0.165. The molecule has 0 spiro atoms. The fourth-order valence-corrected chi connectivity index (χ4v) is 2.86. The molecular weight excluding hydrogens is 338 g/mol. The van der Waals surface area contributed by atoms with E-state index in [1.54, 1.807) is 18.4 Å². The Hall–Kier alpha value is -3.27. The summed E-state index contributed by atoms with van der Waals surface area (Å²) < 4.78 is 11.1. The lowest BCUT2D eigenvalue weighted by Gasteiger charge is -2.11. The minimum absolute atomic E-state index is 0.165. The molecule has 4 nitrogen and oxygen atoms in total. The minimum Gasteiger partial charge on any atom is -0.492 e. The molecule has 2 aromatic carbocycles. The number of hydrogen-bond donors (Lipinski definition) is 1. The van der Waals surface area contributed by atoms with Gasteiger partial charge < -0.3 is 14.5 Å². The number of furan rings is 1. The number of rotatable bonds is 7. The van der Waals surface area contributed by atoms with Crippen molar-refractivity contribution < 1.29 is 13.9 Å². The van der Waals surface area contributed by atoms with Crippen molar-refractivity contribution in [3.8, 4) is 5.75 Å². The first-order valence-electron chi connectivity index (χ1n) is 8.92. The molecule has 0 radical (unpaired) electrons. The second-order valence-electron chi connectivity index (χ2n) is 6.37. The van der Waals surface area contributed by atoms with Crippen LogP contribution in [0, 0.1) is 13.8 Å². The lowest BCUT2D eigenvalue weighted by molar-refractivity contribution is -0.115. The maximum Gasteiger partial charge on any atom is 0.252 e. The third-order valence-corrected chi connectivity index (χ3v) is 4.01. The molecule has 0 saturated heterocycles. The Labute approximate surface area is 159 Å². The topological polar surface area (TPSA) is 51.5 Å². The van der Waals surface area contributed by atoms with E-state index >= 15 is 0 Å². The zero-order chi connectivity index (χ0) is 19.1. The molecule has 1 heterocycles. The first-order valence-corrected chi connectivity index (χ1v) is 8.92. The van der Waals surface area contributed by atoms with Crippen LogP contribution in [0.5, 0.6) is 5.75 Å². The molecule has 138 valence electrons. The van der Waals surface area contributed by atoms with Crippen molar-refractivity contribution in [3.63, 3.8) is 0 Å². The number of hydrogen-bond acceptors (Lipinski definition) is 3. The van der Waals surface area contributed by atoms with E-state index in [4.69, 9.17) is 9.15 Å². The van der Waals surface area contributed by atoms with Crippen molar-refractivity contribution in [2.75, 3.05) is 13.2 Å². The van der Waals surface area contributed by atoms with Gasteiger partial charge in [-0.1, -0.05) is 36.4 Å². The molecule has 0 aliphatic carbocycles. The van der Waals surface area contributed by atoms with Gasteiger partial charge in [0.1, 0.15) is 18.1 Å². The second kappa shape index (κ2) is 8.90. The standard InChI is InChI=1S/C23H23NO3/c1-17-13-18(2)15-21(14-17)27-12-10-24-23(25)22(16-20-9-6-11-26-20)19-7-4-3-5-8-19/h3-9,11,13-16H,10,12H2,1-2H3,(H,24,25)/b22-16+. The lowest BCUT2D eigenvalue weighted by Crippen LogP contribution is -2.28. The molecule has 1 amide bonds. The molecular formula is C23H23NO3. The Balaban J connectivity index is 1.63. The molecule has 27 heavy (non-hydrogen) atoms. The summed E-state index contributed by atoms with van der Waals surface area (Å²) in [5.41, 5.74) is 3.70. The first kappa shape index (κ1) is 18.5. The van der Waals surface area contributed by atoms with Crippen molar-refractivity contribution in [1.29, 1.82) is 0 Å². The van der Waals surface area contributed by atoms with E-state index in [1.165, 1.54) is 0 Å². The normalized spacial score (nSPS) is 11.3. The van der Waals surface area contributed by atoms with Gasteiger partial charge in [0.2, 0.25) is 0 Å². The van der Waals surface area contributed by atoms with E-state index in [-0.39, 0.29) is 5.91 Å². The van der Waals surface area contributed by atoms with Crippen LogP contribution in [0.4, 0.5) is 0 Å². The van der Waals surface area contributed by atoms with E-state index in [2.05, 4.69) is 11.4 Å². The molecule has 0 atom stereocenters. The largest absolute Gasteiger partial charge is 0.492 e. The van der Waals surface area contributed by atoms with Crippen LogP contribution in [0.3, 0.4) is 0 Å². The van der Waals surface area contributed by atoms with E-state index in [0.29, 0.717) is 24.5 Å². The van der Waals surface area contributed by atoms with Gasteiger partial charge in [-0.2, -0.15) is 0 Å². The Bertz CT molecular complexity index is 892. The van der Waals surface area contributed by atoms with Crippen LogP contribution in [0.25, 0.3) is 11.6 Å². The van der Waals surface area contributed by atoms with Crippen LogP contribution in [0.15, 0.2) is 71.3 Å². The number of nitrogens with one attached hydrogen (secondary N) is 1. The van der Waals surface area contributed by atoms with Gasteiger partial charge in [0.25, 0.3) is 5.91 Å². The summed E-state index contributed by atoms with van der Waals surface area (Å²) in [6.07, 6.45) is 3.33. The van der Waals surface area contributed by atoms with Crippen LogP contribution in [0.2, 0.25) is 0 Å². The van der Waals surface area contributed by atoms with Crippen molar-refractivity contribution >= 4 is 17.6 Å². The summed E-state index contributed by atoms with van der Waals surface area (Å²) in [5.74, 6) is 1.29. The summed E-state index contributed by atoms with van der Waals surface area (Å²) in [5, 5.41) is 2.92. The van der Waals surface area contributed by atoms with Crippen LogP contribution >= 0.6 is 0 Å². The fourth-order valence-electron chi connectivity index (χ4n) is 2.86. The summed E-state index contributed by atoms with van der Waals surface area (Å²) in [4.78, 5) is 12.7. The number of aryl methyl sites for hydroxylation is 2. The van der Waals surface area contributed by atoms with Crippen LogP contribution < -0.4 is 10.1 Å². The lowest BCUT2D eigenvalue weighted by atomic mass is 10.0. The Morgan fingerprint density at radius 2 is 1.78 bits per heavy atom. The molecule has 3 rings (SSSR count). The summed E-state index contributed by atoms with van der Waals surface area (Å²) in [6, 6.07) is 19.2. The van der Waals surface area contributed by atoms with E-state index in [1.807, 2.05) is 62.4 Å². The average Bonchev–Trinajstić information content (AvgIpc) is 3.16. The number of amides is 1. The maximum atomic E-state index is 12.7. The van der Waals surface area contributed by atoms with E-state index in [0.717, 1.165) is 22.4 Å². The van der Waals surface area contributed by atoms with Gasteiger partial charge in [0.15, 0.2) is 0 Å². The van der Waals surface area contributed by atoms with Crippen molar-refractivity contribution in [3.05, 3.63) is 89.4 Å². The quantitative estimate of drug-likeness (QED) is 0.493. The Morgan fingerprint density at radius 3 is 2.44 bits per heavy atom. The number of carbonyl (C=O) groups excluding carboxylic acids is 1. The van der Waals surface area contributed by atoms with Gasteiger partial charge in [-0.3, -0.25) is 4.79 Å². The third kappa shape index (κ3) is 5.35. The molecule has 0 aliphatic rings. The van der Waals surface area contributed by atoms with Gasteiger partial charge >= 0.3 is 0 Å². The third-order valence-electron chi connectivity index (χ3n) is 4.01. The Morgan fingerprint density at radius 1 is 1.04 bits per heavy atom. The molecule has 0 aliphatic heterocycles. The van der Waals surface area contributed by atoms with Crippen LogP contribution in [-0.4, -0.2) is 19.1 Å². The highest BCUT2D eigenvalue weighted by molar-refractivity contribution is 6.24. The highest BCUT2D eigenvalue weighted by atomic mass is 16.5. The summed E-state index contributed by atoms with van der Waals surface area (Å²) in [7, 11) is 0. The highest BCUT2D eigenvalue weighted by Crippen LogP contribution is 2.19. The van der Waals surface area contributed by atoms with Crippen molar-refractivity contribution in [1.82, 2.24) is 5.32 Å². The number of ether oxygens (including phenoxy) is 1. The molecule has 1 aromatic heterocycles. The summed E-state index contributed by atoms with van der Waals surface area (Å²) >= 11 is 0. The van der Waals surface area contributed by atoms with Gasteiger partial charge in [-0.25, -0.2) is 0 Å². The van der Waals surface area contributed by atoms with Gasteiger partial charge in [0.05, 0.1) is 18.4 Å². The number of benzene rings is 2. The smallest absolute Gasteiger partial charge is 0.252 e. The summed E-state index contributed by atoms with van der Waals surface area (Å²) in [6.45, 7) is 4.88. The van der Waals surface area contributed by atoms with Gasteiger partial charge in [-0.15, -0.1) is 0 Å². The number of carbonyl (C=O) groups is 1. The van der Waals surface area contributed by atoms with Crippen LogP contribution in [0.1, 0.15) is 22.5 Å². The molecule has 0 bridgehead atoms. The molecule has 1 N–H and O–H groups in total. The zero-order valence-electron chi connectivity index (χ0n) is 15.6. The first-order chi connectivity index (χ1) is 13.1. The van der Waals surface area contributed by atoms with E-state index < -0.39 is 0 Å². The highest BCUT2D eigenvalue weighted by Gasteiger charge is 2.12. The molecule has 4 heteroatoms. The molecule has 0 unspecified atom stereocenters. The maximum absolute atomic E-state index is 12.7. The predicted molar refractivity (Wildman–Crippen MR) is 107 cm³/mol. The van der Waals surface area contributed by atoms with Crippen LogP contribution in [-0.2, 0) is 4.79 Å². The molecule has 3 aromatic rings. The average molecular weight is 361 g/mol. The van der Waals surface area contributed by atoms with E-state index in [9.17, 15) is 4.79 Å². The van der Waals surface area contributed by atoms with Gasteiger partial charge in [-0.05, 0) is 60.9 Å². The van der Waals surface area contributed by atoms with Crippen molar-refractivity contribution in [2.24, 2.45) is 0 Å². The van der Waals surface area contributed by atoms with Gasteiger partial charge in [0, 0.05) is 0 Å². The van der Waals surface area contributed by atoms with Crippen molar-refractivity contribution in [2.45, 2.75) is 13.8 Å². The monoisotopic (exact) mass is 361 g/mol. The zero-order valence-corrected chi connectivity index (χ0v) is 15.6. The second-order valence-corrected chi connectivity index (χ2v) is 6.37. The fraction of sp³-hybridized carbons (Fsp3) is 0.174. The Kier molecular flexibility index (Phi) is 6.10. The molecule has 0 saturated carbocycles. The SMILES string of the molecule is Cc1cc(C)cc(OCCNC(=O)/C(=C/c2ccco2)c2ccccc2)c1. The molecule has 0 fully saturated rings. The predicted octanol–water partition coefficient (Wildman–Crippen LogP) is 4.63.